The van der Waals surface area contributed by atoms with Crippen LogP contribution in [0.5, 0.6) is 0 Å². The summed E-state index contributed by atoms with van der Waals surface area (Å²) >= 11 is 0. The van der Waals surface area contributed by atoms with Gasteiger partial charge in [0.2, 0.25) is 5.89 Å². The fourth-order valence-corrected chi connectivity index (χ4v) is 0.731. The van der Waals surface area contributed by atoms with E-state index in [1.807, 2.05) is 6.92 Å². The Bertz CT molecular complexity index is 282. The second kappa shape index (κ2) is 3.36. The van der Waals surface area contributed by atoms with Crippen LogP contribution in [0.1, 0.15) is 35.8 Å². The van der Waals surface area contributed by atoms with Crippen LogP contribution >= 0.6 is 0 Å². The lowest BCUT2D eigenvalue weighted by atomic mass is 10.2. The van der Waals surface area contributed by atoms with Gasteiger partial charge in [0.05, 0.1) is 6.04 Å². The molecule has 0 saturated heterocycles. The molecule has 0 bridgehead atoms. The van der Waals surface area contributed by atoms with Crippen molar-refractivity contribution >= 4 is 5.97 Å². The minimum atomic E-state index is -1.10. The maximum absolute atomic E-state index is 10.4. The normalized spacial score (nSPS) is 12.8. The third-order valence-electron chi connectivity index (χ3n) is 1.50. The van der Waals surface area contributed by atoms with Gasteiger partial charge in [-0.3, -0.25) is 0 Å². The third kappa shape index (κ3) is 1.62. The molecule has 3 N–H and O–H groups in total. The summed E-state index contributed by atoms with van der Waals surface area (Å²) < 4.78 is 4.86. The van der Waals surface area contributed by atoms with E-state index in [9.17, 15) is 4.79 Å². The molecule has 66 valence electrons. The summed E-state index contributed by atoms with van der Waals surface area (Å²) in [6.07, 6.45) is 1.76. The number of oxazole rings is 1. The summed E-state index contributed by atoms with van der Waals surface area (Å²) in [5.74, 6) is -0.830. The minimum absolute atomic E-state index is 0.103. The molecule has 0 aliphatic heterocycles. The number of nitrogens with zero attached hydrogens (tertiary/aromatic N) is 1. The molecule has 5 nitrogen and oxygen atoms in total. The van der Waals surface area contributed by atoms with E-state index in [0.29, 0.717) is 6.42 Å². The summed E-state index contributed by atoms with van der Waals surface area (Å²) in [4.78, 5) is 14.1. The molecule has 0 spiro atoms. The maximum Gasteiger partial charge on any atom is 0.357 e. The van der Waals surface area contributed by atoms with E-state index in [4.69, 9.17) is 15.3 Å². The first-order chi connectivity index (χ1) is 5.65. The van der Waals surface area contributed by atoms with Crippen molar-refractivity contribution in [2.45, 2.75) is 19.4 Å². The van der Waals surface area contributed by atoms with Crippen molar-refractivity contribution in [1.29, 1.82) is 0 Å². The first-order valence-electron chi connectivity index (χ1n) is 3.59. The molecular weight excluding hydrogens is 160 g/mol. The molecule has 1 aromatic heterocycles. The van der Waals surface area contributed by atoms with E-state index in [-0.39, 0.29) is 17.6 Å². The second-order valence-electron chi connectivity index (χ2n) is 2.39. The molecule has 0 fully saturated rings. The number of hydrogen-bond donors (Lipinski definition) is 2. The highest BCUT2D eigenvalue weighted by atomic mass is 16.4. The number of carbonyl (C=O) groups is 1. The monoisotopic (exact) mass is 170 g/mol. The number of carboxylic acid groups (broad SMARTS) is 1. The van der Waals surface area contributed by atoms with Gasteiger partial charge in [0.15, 0.2) is 5.69 Å². The van der Waals surface area contributed by atoms with Crippen molar-refractivity contribution in [2.24, 2.45) is 5.73 Å². The molecule has 1 aromatic rings. The number of nitrogens with two attached hydrogens (primary N) is 1. The van der Waals surface area contributed by atoms with Crippen molar-refractivity contribution in [3.05, 3.63) is 17.8 Å². The molecule has 1 rings (SSSR count). The highest BCUT2D eigenvalue weighted by Crippen LogP contribution is 2.12. The summed E-state index contributed by atoms with van der Waals surface area (Å²) in [7, 11) is 0. The highest BCUT2D eigenvalue weighted by molar-refractivity contribution is 5.84. The SMILES string of the molecule is CCC(N)c1nc(C(=O)O)co1. The zero-order valence-electron chi connectivity index (χ0n) is 6.65. The molecule has 0 radical (unpaired) electrons. The Labute approximate surface area is 69.2 Å². The van der Waals surface area contributed by atoms with Gasteiger partial charge in [-0.2, -0.15) is 0 Å². The zero-order valence-corrected chi connectivity index (χ0v) is 6.65. The van der Waals surface area contributed by atoms with Gasteiger partial charge in [-0.25, -0.2) is 9.78 Å². The number of aromatic carboxylic acids is 1. The topological polar surface area (TPSA) is 89.3 Å². The second-order valence-corrected chi connectivity index (χ2v) is 2.39. The van der Waals surface area contributed by atoms with E-state index in [0.717, 1.165) is 6.26 Å². The molecule has 1 atom stereocenters. The lowest BCUT2D eigenvalue weighted by molar-refractivity contribution is 0.0690. The van der Waals surface area contributed by atoms with Gasteiger partial charge >= 0.3 is 5.97 Å². The van der Waals surface area contributed by atoms with Crippen molar-refractivity contribution in [3.8, 4) is 0 Å². The summed E-state index contributed by atoms with van der Waals surface area (Å²) in [5.41, 5.74) is 5.46. The molecule has 0 amide bonds. The Kier molecular flexibility index (Phi) is 2.44. The Morgan fingerprint density at radius 2 is 2.58 bits per heavy atom. The van der Waals surface area contributed by atoms with Gasteiger partial charge in [0.1, 0.15) is 6.26 Å². The Morgan fingerprint density at radius 3 is 3.00 bits per heavy atom. The Hall–Kier alpha value is -1.36. The average molecular weight is 170 g/mol. The first-order valence-corrected chi connectivity index (χ1v) is 3.59. The first kappa shape index (κ1) is 8.73. The van der Waals surface area contributed by atoms with E-state index < -0.39 is 5.97 Å². The molecule has 5 heteroatoms. The summed E-state index contributed by atoms with van der Waals surface area (Å²) in [6.45, 7) is 1.87. The summed E-state index contributed by atoms with van der Waals surface area (Å²) in [5, 5.41) is 8.49. The molecule has 0 aromatic carbocycles. The van der Waals surface area contributed by atoms with Gasteiger partial charge in [-0.15, -0.1) is 0 Å². The van der Waals surface area contributed by atoms with Crippen molar-refractivity contribution < 1.29 is 14.3 Å². The fraction of sp³-hybridized carbons (Fsp3) is 0.429. The maximum atomic E-state index is 10.4. The standard InChI is InChI=1S/C7H10N2O3/c1-2-4(8)6-9-5(3-12-6)7(10)11/h3-4H,2,8H2,1H3,(H,10,11). The van der Waals surface area contributed by atoms with Crippen molar-refractivity contribution in [3.63, 3.8) is 0 Å². The van der Waals surface area contributed by atoms with Crippen LogP contribution in [0.25, 0.3) is 0 Å². The predicted octanol–water partition coefficient (Wildman–Crippen LogP) is 0.783. The van der Waals surface area contributed by atoms with Crippen LogP contribution in [0, 0.1) is 0 Å². The van der Waals surface area contributed by atoms with Crippen molar-refractivity contribution in [1.82, 2.24) is 4.98 Å². The van der Waals surface area contributed by atoms with Gasteiger partial charge in [0.25, 0.3) is 0 Å². The van der Waals surface area contributed by atoms with E-state index in [1.54, 1.807) is 0 Å². The van der Waals surface area contributed by atoms with Crippen LogP contribution in [-0.2, 0) is 0 Å². The van der Waals surface area contributed by atoms with Gasteiger partial charge < -0.3 is 15.3 Å². The number of aromatic nitrogens is 1. The Morgan fingerprint density at radius 1 is 1.92 bits per heavy atom. The Balaban J connectivity index is 2.84. The van der Waals surface area contributed by atoms with Crippen LogP contribution in [0.15, 0.2) is 10.7 Å². The van der Waals surface area contributed by atoms with Crippen LogP contribution in [0.4, 0.5) is 0 Å². The van der Waals surface area contributed by atoms with E-state index in [2.05, 4.69) is 4.98 Å². The minimum Gasteiger partial charge on any atom is -0.476 e. The number of hydrogen-bond acceptors (Lipinski definition) is 4. The molecule has 1 heterocycles. The molecule has 0 aliphatic rings. The number of carboxylic acids is 1. The van der Waals surface area contributed by atoms with Crippen molar-refractivity contribution in [2.75, 3.05) is 0 Å². The van der Waals surface area contributed by atoms with Crippen LogP contribution in [0.3, 0.4) is 0 Å². The quantitative estimate of drug-likeness (QED) is 0.699. The van der Waals surface area contributed by atoms with Crippen LogP contribution in [-0.4, -0.2) is 16.1 Å². The summed E-state index contributed by atoms with van der Waals surface area (Å²) in [6, 6.07) is -0.321. The molecular formula is C7H10N2O3. The highest BCUT2D eigenvalue weighted by Gasteiger charge is 2.14. The lowest BCUT2D eigenvalue weighted by Gasteiger charge is -2.00. The lowest BCUT2D eigenvalue weighted by Crippen LogP contribution is -2.09. The van der Waals surface area contributed by atoms with E-state index >= 15 is 0 Å². The smallest absolute Gasteiger partial charge is 0.357 e. The van der Waals surface area contributed by atoms with Gasteiger partial charge in [0, 0.05) is 0 Å². The third-order valence-corrected chi connectivity index (χ3v) is 1.50. The van der Waals surface area contributed by atoms with E-state index in [1.165, 1.54) is 0 Å². The predicted molar refractivity (Wildman–Crippen MR) is 40.7 cm³/mol. The largest absolute Gasteiger partial charge is 0.476 e. The average Bonchev–Trinajstić information content (AvgIpc) is 2.51. The molecule has 0 saturated carbocycles. The molecule has 12 heavy (non-hydrogen) atoms. The van der Waals surface area contributed by atoms with Gasteiger partial charge in [-0.1, -0.05) is 6.92 Å². The van der Waals surface area contributed by atoms with Gasteiger partial charge in [-0.05, 0) is 6.42 Å². The molecule has 1 unspecified atom stereocenters. The van der Waals surface area contributed by atoms with Crippen LogP contribution < -0.4 is 5.73 Å². The number of rotatable bonds is 3. The van der Waals surface area contributed by atoms with Crippen LogP contribution in [0.2, 0.25) is 0 Å². The zero-order chi connectivity index (χ0) is 9.14. The molecule has 0 aliphatic carbocycles. The fourth-order valence-electron chi connectivity index (χ4n) is 0.731.